The van der Waals surface area contributed by atoms with Crippen molar-refractivity contribution in [2.75, 3.05) is 19.0 Å². The SMILES string of the molecule is COC(C)(C)COc1cc(NC(=O)Cc2ccccc2F)cc(S(N)(=O)=O)c1. The molecule has 152 valence electrons. The standard InChI is InChI=1S/C19H23FN2O5S/c1-19(2,26-3)12-27-15-9-14(10-16(11-15)28(21,24)25)22-18(23)8-13-6-4-5-7-17(13)20/h4-7,9-11H,8,12H2,1-3H3,(H,22,23)(H2,21,24,25). The Kier molecular flexibility index (Phi) is 6.76. The molecule has 0 atom stereocenters. The summed E-state index contributed by atoms with van der Waals surface area (Å²) in [6, 6.07) is 9.83. The van der Waals surface area contributed by atoms with E-state index in [1.807, 2.05) is 0 Å². The van der Waals surface area contributed by atoms with Gasteiger partial charge in [-0.3, -0.25) is 4.79 Å². The van der Waals surface area contributed by atoms with Crippen molar-refractivity contribution in [2.24, 2.45) is 5.14 Å². The predicted octanol–water partition coefficient (Wildman–Crippen LogP) is 2.46. The van der Waals surface area contributed by atoms with E-state index in [1.165, 1.54) is 43.5 Å². The number of halogens is 1. The number of nitrogens with two attached hydrogens (primary N) is 1. The van der Waals surface area contributed by atoms with E-state index in [2.05, 4.69) is 5.32 Å². The summed E-state index contributed by atoms with van der Waals surface area (Å²) in [4.78, 5) is 12.0. The molecule has 3 N–H and O–H groups in total. The maximum Gasteiger partial charge on any atom is 0.238 e. The van der Waals surface area contributed by atoms with Gasteiger partial charge < -0.3 is 14.8 Å². The molecule has 2 aromatic rings. The molecule has 2 aromatic carbocycles. The number of amides is 1. The van der Waals surface area contributed by atoms with Crippen LogP contribution in [0.2, 0.25) is 0 Å². The van der Waals surface area contributed by atoms with Crippen molar-refractivity contribution in [1.82, 2.24) is 0 Å². The van der Waals surface area contributed by atoms with Crippen LogP contribution in [0.5, 0.6) is 5.75 Å². The van der Waals surface area contributed by atoms with E-state index in [9.17, 15) is 17.6 Å². The molecular weight excluding hydrogens is 387 g/mol. The van der Waals surface area contributed by atoms with Crippen molar-refractivity contribution in [3.05, 3.63) is 53.8 Å². The Morgan fingerprint density at radius 3 is 2.50 bits per heavy atom. The molecule has 0 aliphatic rings. The van der Waals surface area contributed by atoms with E-state index in [0.717, 1.165) is 0 Å². The van der Waals surface area contributed by atoms with Crippen LogP contribution in [0.15, 0.2) is 47.4 Å². The van der Waals surface area contributed by atoms with Crippen LogP contribution in [0.1, 0.15) is 19.4 Å². The lowest BCUT2D eigenvalue weighted by Crippen LogP contribution is -2.30. The van der Waals surface area contributed by atoms with Crippen LogP contribution in [-0.4, -0.2) is 33.6 Å². The molecule has 0 saturated heterocycles. The van der Waals surface area contributed by atoms with Gasteiger partial charge in [0.2, 0.25) is 15.9 Å². The molecule has 9 heteroatoms. The van der Waals surface area contributed by atoms with E-state index in [4.69, 9.17) is 14.6 Å². The Balaban J connectivity index is 2.23. The highest BCUT2D eigenvalue weighted by atomic mass is 32.2. The van der Waals surface area contributed by atoms with Gasteiger partial charge in [0.05, 0.1) is 16.9 Å². The monoisotopic (exact) mass is 410 g/mol. The quantitative estimate of drug-likeness (QED) is 0.695. The zero-order chi connectivity index (χ0) is 20.9. The number of nitrogens with one attached hydrogen (secondary N) is 1. The van der Waals surface area contributed by atoms with Crippen molar-refractivity contribution in [3.8, 4) is 5.75 Å². The smallest absolute Gasteiger partial charge is 0.238 e. The summed E-state index contributed by atoms with van der Waals surface area (Å²) in [5.41, 5.74) is -0.217. The average Bonchev–Trinajstić information content (AvgIpc) is 2.61. The molecule has 1 amide bonds. The van der Waals surface area contributed by atoms with Crippen LogP contribution in [0.4, 0.5) is 10.1 Å². The number of anilines is 1. The Hall–Kier alpha value is -2.49. The number of hydrogen-bond acceptors (Lipinski definition) is 5. The number of benzene rings is 2. The van der Waals surface area contributed by atoms with Crippen molar-refractivity contribution in [2.45, 2.75) is 30.8 Å². The third kappa shape index (κ3) is 6.29. The lowest BCUT2D eigenvalue weighted by Gasteiger charge is -2.23. The third-order valence-electron chi connectivity index (χ3n) is 3.94. The summed E-state index contributed by atoms with van der Waals surface area (Å²) >= 11 is 0. The first kappa shape index (κ1) is 21.8. The highest BCUT2D eigenvalue weighted by Crippen LogP contribution is 2.25. The van der Waals surface area contributed by atoms with Crippen LogP contribution in [-0.2, 0) is 26.0 Å². The van der Waals surface area contributed by atoms with Gasteiger partial charge in [-0.2, -0.15) is 0 Å². The van der Waals surface area contributed by atoms with Crippen LogP contribution in [0.25, 0.3) is 0 Å². The van der Waals surface area contributed by atoms with Crippen molar-refractivity contribution in [3.63, 3.8) is 0 Å². The Labute approximate surface area is 163 Å². The van der Waals surface area contributed by atoms with Crippen molar-refractivity contribution < 1.29 is 27.1 Å². The van der Waals surface area contributed by atoms with Gasteiger partial charge in [0.25, 0.3) is 0 Å². The van der Waals surface area contributed by atoms with Gasteiger partial charge in [-0.25, -0.2) is 17.9 Å². The topological polar surface area (TPSA) is 108 Å². The number of carbonyl (C=O) groups is 1. The molecule has 0 bridgehead atoms. The van der Waals surface area contributed by atoms with Gasteiger partial charge in [0.15, 0.2) is 0 Å². The molecule has 0 spiro atoms. The van der Waals surface area contributed by atoms with Gasteiger partial charge in [-0.1, -0.05) is 18.2 Å². The van der Waals surface area contributed by atoms with Crippen molar-refractivity contribution in [1.29, 1.82) is 0 Å². The molecule has 7 nitrogen and oxygen atoms in total. The van der Waals surface area contributed by atoms with Gasteiger partial charge >= 0.3 is 0 Å². The Morgan fingerprint density at radius 2 is 1.89 bits per heavy atom. The van der Waals surface area contributed by atoms with E-state index < -0.39 is 27.3 Å². The van der Waals surface area contributed by atoms with E-state index in [-0.39, 0.29) is 34.9 Å². The minimum atomic E-state index is -4.03. The van der Waals surface area contributed by atoms with Gasteiger partial charge in [-0.05, 0) is 31.5 Å². The summed E-state index contributed by atoms with van der Waals surface area (Å²) < 4.78 is 48.1. The molecule has 0 heterocycles. The largest absolute Gasteiger partial charge is 0.490 e. The third-order valence-corrected chi connectivity index (χ3v) is 4.83. The normalized spacial score (nSPS) is 11.9. The second-order valence-electron chi connectivity index (χ2n) is 6.81. The molecule has 0 aliphatic carbocycles. The number of sulfonamides is 1. The number of hydrogen-bond donors (Lipinski definition) is 2. The van der Waals surface area contributed by atoms with E-state index in [1.54, 1.807) is 19.9 Å². The number of carbonyl (C=O) groups excluding carboxylic acids is 1. The Bertz CT molecular complexity index is 961. The molecule has 0 fully saturated rings. The van der Waals surface area contributed by atoms with Gasteiger partial charge in [-0.15, -0.1) is 0 Å². The molecule has 0 aromatic heterocycles. The summed E-state index contributed by atoms with van der Waals surface area (Å²) in [6.07, 6.45) is -0.209. The van der Waals surface area contributed by atoms with E-state index in [0.29, 0.717) is 0 Å². The molecule has 0 unspecified atom stereocenters. The number of rotatable bonds is 8. The van der Waals surface area contributed by atoms with Gasteiger partial charge in [0, 0.05) is 24.9 Å². The molecule has 2 rings (SSSR count). The highest BCUT2D eigenvalue weighted by Gasteiger charge is 2.19. The molecular formula is C19H23FN2O5S. The molecule has 0 radical (unpaired) electrons. The van der Waals surface area contributed by atoms with Crippen LogP contribution in [0, 0.1) is 5.82 Å². The van der Waals surface area contributed by atoms with Gasteiger partial charge in [0.1, 0.15) is 18.2 Å². The molecule has 28 heavy (non-hydrogen) atoms. The zero-order valence-corrected chi connectivity index (χ0v) is 16.7. The first-order valence-electron chi connectivity index (χ1n) is 8.39. The zero-order valence-electron chi connectivity index (χ0n) is 15.9. The highest BCUT2D eigenvalue weighted by molar-refractivity contribution is 7.89. The minimum Gasteiger partial charge on any atom is -0.490 e. The minimum absolute atomic E-state index is 0.139. The lowest BCUT2D eigenvalue weighted by atomic mass is 10.1. The van der Waals surface area contributed by atoms with Crippen LogP contribution >= 0.6 is 0 Å². The number of primary sulfonamides is 1. The van der Waals surface area contributed by atoms with Crippen LogP contribution < -0.4 is 15.2 Å². The summed E-state index contributed by atoms with van der Waals surface area (Å²) in [5.74, 6) is -0.820. The fourth-order valence-electron chi connectivity index (χ4n) is 2.23. The Morgan fingerprint density at radius 1 is 1.21 bits per heavy atom. The lowest BCUT2D eigenvalue weighted by molar-refractivity contribution is -0.115. The maximum absolute atomic E-state index is 13.7. The number of ether oxygens (including phenoxy) is 2. The predicted molar refractivity (Wildman–Crippen MR) is 103 cm³/mol. The first-order chi connectivity index (χ1) is 13.0. The summed E-state index contributed by atoms with van der Waals surface area (Å²) in [5, 5.41) is 7.75. The second kappa shape index (κ2) is 8.68. The molecule has 0 aliphatic heterocycles. The van der Waals surface area contributed by atoms with E-state index >= 15 is 0 Å². The average molecular weight is 410 g/mol. The summed E-state index contributed by atoms with van der Waals surface area (Å²) in [7, 11) is -2.50. The fourth-order valence-corrected chi connectivity index (χ4v) is 2.80. The second-order valence-corrected chi connectivity index (χ2v) is 8.37. The maximum atomic E-state index is 13.7. The fraction of sp³-hybridized carbons (Fsp3) is 0.316. The summed E-state index contributed by atoms with van der Waals surface area (Å²) in [6.45, 7) is 3.74. The molecule has 0 saturated carbocycles. The first-order valence-corrected chi connectivity index (χ1v) is 9.94. The van der Waals surface area contributed by atoms with Crippen molar-refractivity contribution >= 4 is 21.6 Å². The number of methoxy groups -OCH3 is 1. The van der Waals surface area contributed by atoms with Crippen LogP contribution in [0.3, 0.4) is 0 Å².